The molecular formula is C15H16N6O3S2. The number of rotatable bonds is 4. The van der Waals surface area contributed by atoms with E-state index in [1.807, 2.05) is 0 Å². The van der Waals surface area contributed by atoms with Crippen LogP contribution in [0.4, 0.5) is 5.69 Å². The number of hydrogen-bond acceptors (Lipinski definition) is 7. The minimum atomic E-state index is -3.68. The molecule has 2 aromatic heterocycles. The van der Waals surface area contributed by atoms with Gasteiger partial charge in [0.1, 0.15) is 11.3 Å². The Balaban J connectivity index is 1.55. The topological polar surface area (TPSA) is 110 Å². The van der Waals surface area contributed by atoms with Gasteiger partial charge in [-0.15, -0.1) is 10.2 Å². The van der Waals surface area contributed by atoms with Crippen molar-refractivity contribution in [3.05, 3.63) is 35.1 Å². The van der Waals surface area contributed by atoms with Crippen LogP contribution in [0.3, 0.4) is 0 Å². The molecule has 0 unspecified atom stereocenters. The quantitative estimate of drug-likeness (QED) is 0.708. The molecule has 0 spiro atoms. The van der Waals surface area contributed by atoms with Gasteiger partial charge in [-0.25, -0.2) is 13.1 Å². The van der Waals surface area contributed by atoms with Crippen molar-refractivity contribution in [3.63, 3.8) is 0 Å². The predicted octanol–water partition coefficient (Wildman–Crippen LogP) is 0.963. The van der Waals surface area contributed by atoms with Gasteiger partial charge in [-0.05, 0) is 36.6 Å². The van der Waals surface area contributed by atoms with Crippen molar-refractivity contribution in [1.29, 1.82) is 0 Å². The molecule has 3 heterocycles. The summed E-state index contributed by atoms with van der Waals surface area (Å²) in [5.41, 5.74) is 1.66. The Kier molecular flexibility index (Phi) is 4.21. The number of benzene rings is 1. The molecule has 1 aliphatic heterocycles. The third-order valence-corrected chi connectivity index (χ3v) is 6.51. The predicted molar refractivity (Wildman–Crippen MR) is 95.5 cm³/mol. The molecule has 0 fully saturated rings. The van der Waals surface area contributed by atoms with Crippen molar-refractivity contribution in [1.82, 2.24) is 24.5 Å². The molecule has 0 radical (unpaired) electrons. The zero-order valence-electron chi connectivity index (χ0n) is 13.9. The Hall–Kier alpha value is -2.37. The molecule has 1 amide bonds. The minimum absolute atomic E-state index is 0.0389. The van der Waals surface area contributed by atoms with Gasteiger partial charge in [0.2, 0.25) is 20.9 Å². The van der Waals surface area contributed by atoms with E-state index < -0.39 is 10.0 Å². The molecule has 9 nitrogen and oxygen atoms in total. The Morgan fingerprint density at radius 1 is 1.38 bits per heavy atom. The van der Waals surface area contributed by atoms with E-state index >= 15 is 0 Å². The number of aryl methyl sites for hydroxylation is 1. The highest BCUT2D eigenvalue weighted by atomic mass is 32.2. The Bertz CT molecular complexity index is 1060. The van der Waals surface area contributed by atoms with Gasteiger partial charge in [0.15, 0.2) is 0 Å². The monoisotopic (exact) mass is 392 g/mol. The molecule has 1 aliphatic rings. The van der Waals surface area contributed by atoms with Crippen molar-refractivity contribution in [2.75, 3.05) is 11.4 Å². The second kappa shape index (κ2) is 6.41. The number of sulfonamides is 1. The van der Waals surface area contributed by atoms with E-state index in [0.717, 1.165) is 24.1 Å². The van der Waals surface area contributed by atoms with Crippen molar-refractivity contribution in [2.45, 2.75) is 31.2 Å². The van der Waals surface area contributed by atoms with Crippen LogP contribution >= 0.6 is 11.3 Å². The number of anilines is 1. The molecule has 1 aromatic carbocycles. The summed E-state index contributed by atoms with van der Waals surface area (Å²) < 4.78 is 29.3. The van der Waals surface area contributed by atoms with Gasteiger partial charge in [0.05, 0.1) is 11.4 Å². The molecular weight excluding hydrogens is 376 g/mol. The van der Waals surface area contributed by atoms with Crippen LogP contribution in [0.15, 0.2) is 29.4 Å². The largest absolute Gasteiger partial charge is 0.312 e. The fraction of sp³-hybridized carbons (Fsp3) is 0.333. The maximum atomic E-state index is 12.6. The lowest BCUT2D eigenvalue weighted by Gasteiger charge is -2.28. The first-order chi connectivity index (χ1) is 12.4. The standard InChI is InChI=1S/C15H16N6O3S2/c1-10(22)20-6-2-3-11-7-12(4-5-13(11)20)26(23,24)17-8-14-19-21-9-16-18-15(21)25-14/h4-5,7,9,17H,2-3,6,8H2,1H3. The number of nitrogens with one attached hydrogen (secondary N) is 1. The SMILES string of the molecule is CC(=O)N1CCCc2cc(S(=O)(=O)NCc3nn4cnnc4s3)ccc21. The summed E-state index contributed by atoms with van der Waals surface area (Å²) in [6.45, 7) is 2.25. The number of amides is 1. The average Bonchev–Trinajstić information content (AvgIpc) is 3.20. The van der Waals surface area contributed by atoms with Gasteiger partial charge < -0.3 is 4.90 Å². The maximum absolute atomic E-state index is 12.6. The molecule has 3 aromatic rings. The second-order valence-electron chi connectivity index (χ2n) is 5.94. The third kappa shape index (κ3) is 3.08. The van der Waals surface area contributed by atoms with E-state index in [1.165, 1.54) is 35.2 Å². The second-order valence-corrected chi connectivity index (χ2v) is 8.75. The van der Waals surface area contributed by atoms with Crippen LogP contribution in [0.5, 0.6) is 0 Å². The van der Waals surface area contributed by atoms with E-state index in [2.05, 4.69) is 20.0 Å². The first-order valence-electron chi connectivity index (χ1n) is 8.00. The lowest BCUT2D eigenvalue weighted by Crippen LogP contribution is -2.33. The number of aromatic nitrogens is 4. The van der Waals surface area contributed by atoms with Crippen molar-refractivity contribution < 1.29 is 13.2 Å². The van der Waals surface area contributed by atoms with Crippen LogP contribution in [-0.2, 0) is 27.8 Å². The number of carbonyl (C=O) groups excluding carboxylic acids is 1. The molecule has 1 N–H and O–H groups in total. The van der Waals surface area contributed by atoms with Crippen LogP contribution < -0.4 is 9.62 Å². The van der Waals surface area contributed by atoms with E-state index in [1.54, 1.807) is 17.0 Å². The molecule has 0 bridgehead atoms. The van der Waals surface area contributed by atoms with E-state index in [0.29, 0.717) is 16.5 Å². The Morgan fingerprint density at radius 3 is 3.00 bits per heavy atom. The number of carbonyl (C=O) groups is 1. The first-order valence-corrected chi connectivity index (χ1v) is 10.3. The first kappa shape index (κ1) is 17.1. The highest BCUT2D eigenvalue weighted by molar-refractivity contribution is 7.89. The summed E-state index contributed by atoms with van der Waals surface area (Å²) in [7, 11) is -3.68. The Labute approximate surface area is 153 Å². The fourth-order valence-corrected chi connectivity index (χ4v) is 4.86. The Morgan fingerprint density at radius 2 is 2.23 bits per heavy atom. The van der Waals surface area contributed by atoms with Gasteiger partial charge in [-0.2, -0.15) is 9.61 Å². The molecule has 4 rings (SSSR count). The van der Waals surface area contributed by atoms with E-state index in [9.17, 15) is 13.2 Å². The number of fused-ring (bicyclic) bond motifs is 2. The molecule has 26 heavy (non-hydrogen) atoms. The third-order valence-electron chi connectivity index (χ3n) is 4.20. The number of hydrogen-bond donors (Lipinski definition) is 1. The van der Waals surface area contributed by atoms with Crippen molar-refractivity contribution in [2.24, 2.45) is 0 Å². The van der Waals surface area contributed by atoms with Crippen LogP contribution in [-0.4, -0.2) is 40.7 Å². The summed E-state index contributed by atoms with van der Waals surface area (Å²) in [5, 5.41) is 12.4. The highest BCUT2D eigenvalue weighted by Gasteiger charge is 2.23. The lowest BCUT2D eigenvalue weighted by atomic mass is 10.0. The van der Waals surface area contributed by atoms with E-state index in [-0.39, 0.29) is 17.3 Å². The normalized spacial score (nSPS) is 14.6. The fourth-order valence-electron chi connectivity index (χ4n) is 2.98. The highest BCUT2D eigenvalue weighted by Crippen LogP contribution is 2.29. The number of nitrogens with zero attached hydrogens (tertiary/aromatic N) is 5. The van der Waals surface area contributed by atoms with Gasteiger partial charge >= 0.3 is 0 Å². The summed E-state index contributed by atoms with van der Waals surface area (Å²) in [6, 6.07) is 4.87. The van der Waals surface area contributed by atoms with Crippen molar-refractivity contribution >= 4 is 37.9 Å². The van der Waals surface area contributed by atoms with Gasteiger partial charge in [0, 0.05) is 19.2 Å². The molecule has 0 saturated heterocycles. The summed E-state index contributed by atoms with van der Waals surface area (Å²) in [4.78, 5) is 14.2. The molecule has 11 heteroatoms. The molecule has 136 valence electrons. The molecule has 0 atom stereocenters. The minimum Gasteiger partial charge on any atom is -0.312 e. The molecule has 0 saturated carbocycles. The van der Waals surface area contributed by atoms with Crippen LogP contribution in [0.25, 0.3) is 4.96 Å². The van der Waals surface area contributed by atoms with Gasteiger partial charge in [-0.1, -0.05) is 11.3 Å². The summed E-state index contributed by atoms with van der Waals surface area (Å²) in [6.07, 6.45) is 3.03. The van der Waals surface area contributed by atoms with Gasteiger partial charge in [-0.3, -0.25) is 4.79 Å². The smallest absolute Gasteiger partial charge is 0.240 e. The van der Waals surface area contributed by atoms with E-state index in [4.69, 9.17) is 0 Å². The van der Waals surface area contributed by atoms with Crippen LogP contribution in [0, 0.1) is 0 Å². The lowest BCUT2D eigenvalue weighted by molar-refractivity contribution is -0.116. The van der Waals surface area contributed by atoms with Gasteiger partial charge in [0.25, 0.3) is 0 Å². The van der Waals surface area contributed by atoms with Crippen LogP contribution in [0.1, 0.15) is 23.9 Å². The molecule has 0 aliphatic carbocycles. The van der Waals surface area contributed by atoms with Crippen molar-refractivity contribution in [3.8, 4) is 0 Å². The van der Waals surface area contributed by atoms with Crippen LogP contribution in [0.2, 0.25) is 0 Å². The summed E-state index contributed by atoms with van der Waals surface area (Å²) in [5.74, 6) is -0.0389. The zero-order valence-corrected chi connectivity index (χ0v) is 15.5. The summed E-state index contributed by atoms with van der Waals surface area (Å²) >= 11 is 1.27. The average molecular weight is 392 g/mol. The maximum Gasteiger partial charge on any atom is 0.240 e. The zero-order chi connectivity index (χ0) is 18.3.